The summed E-state index contributed by atoms with van der Waals surface area (Å²) in [7, 11) is 0. The highest BCUT2D eigenvalue weighted by Crippen LogP contribution is 1.91. The van der Waals surface area contributed by atoms with Crippen LogP contribution in [0.2, 0.25) is 0 Å². The molecular formula is C5H12ClNO2. The van der Waals surface area contributed by atoms with Crippen LogP contribution >= 0.6 is 12.4 Å². The van der Waals surface area contributed by atoms with Gasteiger partial charge in [-0.05, 0) is 6.42 Å². The molecule has 0 aromatic rings. The zero-order valence-electron chi connectivity index (χ0n) is 5.39. The van der Waals surface area contributed by atoms with Gasteiger partial charge in [0.05, 0.1) is 0 Å². The minimum Gasteiger partial charge on any atom is -0.289 e. The van der Waals surface area contributed by atoms with Gasteiger partial charge in [0.25, 0.3) is 0 Å². The van der Waals surface area contributed by atoms with E-state index in [2.05, 4.69) is 0 Å². The normalized spacial score (nSPS) is 7.78. The van der Waals surface area contributed by atoms with Crippen molar-refractivity contribution in [2.75, 3.05) is 0 Å². The molecule has 1 amide bonds. The number of carbonyl (C=O) groups excluding carboxylic acids is 1. The fraction of sp³-hybridized carbons (Fsp3) is 0.800. The molecule has 56 valence electrons. The summed E-state index contributed by atoms with van der Waals surface area (Å²) in [5.41, 5.74) is 1.56. The number of nitrogens with one attached hydrogen (secondary N) is 1. The maximum absolute atomic E-state index is 10.2. The van der Waals surface area contributed by atoms with E-state index in [1.165, 1.54) is 0 Å². The van der Waals surface area contributed by atoms with E-state index in [4.69, 9.17) is 5.21 Å². The van der Waals surface area contributed by atoms with Gasteiger partial charge in [0.1, 0.15) is 0 Å². The first-order valence-corrected chi connectivity index (χ1v) is 2.74. The molecule has 0 heterocycles. The highest BCUT2D eigenvalue weighted by molar-refractivity contribution is 5.85. The second-order valence-electron chi connectivity index (χ2n) is 1.64. The molecule has 0 unspecified atom stereocenters. The lowest BCUT2D eigenvalue weighted by Gasteiger charge is -1.92. The molecule has 0 aromatic carbocycles. The van der Waals surface area contributed by atoms with E-state index in [-0.39, 0.29) is 18.3 Å². The third kappa shape index (κ3) is 7.72. The zero-order chi connectivity index (χ0) is 6.41. The van der Waals surface area contributed by atoms with Gasteiger partial charge in [-0.2, -0.15) is 0 Å². The van der Waals surface area contributed by atoms with Crippen LogP contribution in [0.4, 0.5) is 0 Å². The Morgan fingerprint density at radius 2 is 2.22 bits per heavy atom. The van der Waals surface area contributed by atoms with Crippen LogP contribution < -0.4 is 5.48 Å². The molecule has 0 saturated heterocycles. The second kappa shape index (κ2) is 7.72. The molecule has 9 heavy (non-hydrogen) atoms. The van der Waals surface area contributed by atoms with Crippen LogP contribution in [0.25, 0.3) is 0 Å². The van der Waals surface area contributed by atoms with Crippen molar-refractivity contribution in [2.24, 2.45) is 0 Å². The van der Waals surface area contributed by atoms with Crippen LogP contribution in [-0.2, 0) is 4.79 Å². The van der Waals surface area contributed by atoms with Crippen molar-refractivity contribution in [1.82, 2.24) is 5.48 Å². The zero-order valence-corrected chi connectivity index (χ0v) is 6.20. The minimum absolute atomic E-state index is 0. The van der Waals surface area contributed by atoms with Gasteiger partial charge in [-0.3, -0.25) is 10.0 Å². The molecule has 0 aliphatic carbocycles. The first-order valence-electron chi connectivity index (χ1n) is 2.74. The van der Waals surface area contributed by atoms with Crippen LogP contribution in [-0.4, -0.2) is 11.1 Å². The van der Waals surface area contributed by atoms with Crippen molar-refractivity contribution in [3.05, 3.63) is 0 Å². The molecule has 0 aromatic heterocycles. The Labute approximate surface area is 60.8 Å². The van der Waals surface area contributed by atoms with E-state index in [1.54, 1.807) is 5.48 Å². The Hall–Kier alpha value is -0.280. The van der Waals surface area contributed by atoms with Crippen molar-refractivity contribution in [3.63, 3.8) is 0 Å². The fourth-order valence-corrected chi connectivity index (χ4v) is 0.393. The number of amides is 1. The summed E-state index contributed by atoms with van der Waals surface area (Å²) in [6.07, 6.45) is 2.24. The van der Waals surface area contributed by atoms with Crippen molar-refractivity contribution < 1.29 is 10.0 Å². The Balaban J connectivity index is 0. The molecule has 0 saturated carbocycles. The highest BCUT2D eigenvalue weighted by atomic mass is 35.5. The standard InChI is InChI=1S/C5H11NO2.ClH/c1-2-3-4-5(7)6-8;/h8H,2-4H2,1H3,(H,6,7);1H. The van der Waals surface area contributed by atoms with Gasteiger partial charge in [-0.25, -0.2) is 5.48 Å². The lowest BCUT2D eigenvalue weighted by molar-refractivity contribution is -0.129. The van der Waals surface area contributed by atoms with Crippen LogP contribution in [0.5, 0.6) is 0 Å². The Morgan fingerprint density at radius 3 is 2.56 bits per heavy atom. The number of hydrogen-bond donors (Lipinski definition) is 2. The Kier molecular flexibility index (Phi) is 9.87. The molecule has 0 atom stereocenters. The van der Waals surface area contributed by atoms with E-state index in [1.807, 2.05) is 6.92 Å². The molecule has 0 spiro atoms. The molecule has 0 fully saturated rings. The first kappa shape index (κ1) is 11.5. The third-order valence-corrected chi connectivity index (χ3v) is 0.882. The van der Waals surface area contributed by atoms with E-state index < -0.39 is 0 Å². The summed E-state index contributed by atoms with van der Waals surface area (Å²) in [6, 6.07) is 0. The molecule has 0 bridgehead atoms. The highest BCUT2D eigenvalue weighted by Gasteiger charge is 1.94. The monoisotopic (exact) mass is 153 g/mol. The van der Waals surface area contributed by atoms with Gasteiger partial charge >= 0.3 is 0 Å². The minimum atomic E-state index is -0.299. The molecule has 0 aliphatic rings. The number of halogens is 1. The average Bonchev–Trinajstić information content (AvgIpc) is 1.83. The third-order valence-electron chi connectivity index (χ3n) is 0.882. The molecule has 0 radical (unpaired) electrons. The number of carbonyl (C=O) groups is 1. The smallest absolute Gasteiger partial charge is 0.243 e. The summed E-state index contributed by atoms with van der Waals surface area (Å²) in [6.45, 7) is 1.99. The van der Waals surface area contributed by atoms with Gasteiger partial charge < -0.3 is 0 Å². The SMILES string of the molecule is CCCCC(=O)NO.Cl. The summed E-state index contributed by atoms with van der Waals surface area (Å²) >= 11 is 0. The summed E-state index contributed by atoms with van der Waals surface area (Å²) in [5.74, 6) is -0.299. The second-order valence-corrected chi connectivity index (χ2v) is 1.64. The van der Waals surface area contributed by atoms with E-state index in [9.17, 15) is 4.79 Å². The van der Waals surface area contributed by atoms with E-state index in [0.717, 1.165) is 12.8 Å². The summed E-state index contributed by atoms with van der Waals surface area (Å²) < 4.78 is 0. The molecule has 3 nitrogen and oxygen atoms in total. The Morgan fingerprint density at radius 1 is 1.67 bits per heavy atom. The topological polar surface area (TPSA) is 49.3 Å². The maximum atomic E-state index is 10.2. The number of unbranched alkanes of at least 4 members (excludes halogenated alkanes) is 1. The summed E-state index contributed by atoms with van der Waals surface area (Å²) in [5, 5.41) is 7.96. The predicted molar refractivity (Wildman–Crippen MR) is 36.7 cm³/mol. The number of rotatable bonds is 3. The largest absolute Gasteiger partial charge is 0.289 e. The maximum Gasteiger partial charge on any atom is 0.243 e. The van der Waals surface area contributed by atoms with E-state index >= 15 is 0 Å². The van der Waals surface area contributed by atoms with Crippen LogP contribution in [0, 0.1) is 0 Å². The van der Waals surface area contributed by atoms with Crippen LogP contribution in [0.15, 0.2) is 0 Å². The van der Waals surface area contributed by atoms with Crippen molar-refractivity contribution in [1.29, 1.82) is 0 Å². The van der Waals surface area contributed by atoms with Crippen molar-refractivity contribution in [3.8, 4) is 0 Å². The average molecular weight is 154 g/mol. The molecule has 0 aliphatic heterocycles. The molecule has 2 N–H and O–H groups in total. The molecular weight excluding hydrogens is 142 g/mol. The molecule has 0 rings (SSSR count). The lowest BCUT2D eigenvalue weighted by atomic mass is 10.2. The first-order chi connectivity index (χ1) is 3.81. The predicted octanol–water partition coefficient (Wildman–Crippen LogP) is 1.10. The Bertz CT molecular complexity index is 77.4. The number of hydrogen-bond acceptors (Lipinski definition) is 2. The van der Waals surface area contributed by atoms with Crippen molar-refractivity contribution >= 4 is 18.3 Å². The lowest BCUT2D eigenvalue weighted by Crippen LogP contribution is -2.17. The van der Waals surface area contributed by atoms with Gasteiger partial charge in [-0.15, -0.1) is 12.4 Å². The van der Waals surface area contributed by atoms with Crippen LogP contribution in [0.3, 0.4) is 0 Å². The van der Waals surface area contributed by atoms with Crippen LogP contribution in [0.1, 0.15) is 26.2 Å². The fourth-order valence-electron chi connectivity index (χ4n) is 0.393. The van der Waals surface area contributed by atoms with Gasteiger partial charge in [-0.1, -0.05) is 13.3 Å². The number of hydroxylamine groups is 1. The van der Waals surface area contributed by atoms with Gasteiger partial charge in [0, 0.05) is 6.42 Å². The summed E-state index contributed by atoms with van der Waals surface area (Å²) in [4.78, 5) is 10.2. The van der Waals surface area contributed by atoms with E-state index in [0.29, 0.717) is 6.42 Å². The van der Waals surface area contributed by atoms with Gasteiger partial charge in [0.15, 0.2) is 0 Å². The quantitative estimate of drug-likeness (QED) is 0.471. The van der Waals surface area contributed by atoms with Crippen molar-refractivity contribution in [2.45, 2.75) is 26.2 Å². The van der Waals surface area contributed by atoms with Gasteiger partial charge in [0.2, 0.25) is 5.91 Å². The molecule has 4 heteroatoms.